The van der Waals surface area contributed by atoms with Gasteiger partial charge in [0, 0.05) is 23.6 Å². The zero-order valence-electron chi connectivity index (χ0n) is 15.9. The standard InChI is InChI=1S/C20H18N4O4S2/c25-15(22-19-21-7-9-29-19)11-30-20-23-16-13-5-1-2-6-14(13)28-17(16)18(26)24(20)10-12-4-3-8-27-12/h1-2,5-7,9,12H,3-4,8,10-11H2,(H,21,22,25)/t12-/m1/s1. The van der Waals surface area contributed by atoms with Gasteiger partial charge in [0.25, 0.3) is 5.56 Å². The molecule has 1 aliphatic heterocycles. The van der Waals surface area contributed by atoms with E-state index in [0.29, 0.717) is 34.5 Å². The van der Waals surface area contributed by atoms with Crippen molar-refractivity contribution in [1.82, 2.24) is 14.5 Å². The highest BCUT2D eigenvalue weighted by atomic mass is 32.2. The minimum Gasteiger partial charge on any atom is -0.448 e. The van der Waals surface area contributed by atoms with Crippen LogP contribution in [-0.4, -0.2) is 38.9 Å². The Morgan fingerprint density at radius 3 is 3.07 bits per heavy atom. The number of amides is 1. The summed E-state index contributed by atoms with van der Waals surface area (Å²) >= 11 is 2.57. The molecular weight excluding hydrogens is 424 g/mol. The Morgan fingerprint density at radius 1 is 1.37 bits per heavy atom. The van der Waals surface area contributed by atoms with Gasteiger partial charge in [-0.2, -0.15) is 0 Å². The number of rotatable bonds is 6. The van der Waals surface area contributed by atoms with Crippen LogP contribution in [0.1, 0.15) is 12.8 Å². The van der Waals surface area contributed by atoms with Crippen molar-refractivity contribution >= 4 is 56.2 Å². The van der Waals surface area contributed by atoms with Gasteiger partial charge < -0.3 is 14.5 Å². The lowest BCUT2D eigenvalue weighted by Gasteiger charge is -2.15. The molecule has 0 spiro atoms. The van der Waals surface area contributed by atoms with Gasteiger partial charge in [-0.05, 0) is 25.0 Å². The molecule has 1 saturated heterocycles. The third kappa shape index (κ3) is 3.73. The van der Waals surface area contributed by atoms with E-state index in [1.54, 1.807) is 16.1 Å². The molecule has 1 N–H and O–H groups in total. The van der Waals surface area contributed by atoms with Gasteiger partial charge in [-0.3, -0.25) is 14.2 Å². The number of thiazole rings is 1. The van der Waals surface area contributed by atoms with Gasteiger partial charge in [0.2, 0.25) is 11.5 Å². The number of nitrogens with one attached hydrogen (secondary N) is 1. The predicted molar refractivity (Wildman–Crippen MR) is 116 cm³/mol. The summed E-state index contributed by atoms with van der Waals surface area (Å²) in [6.07, 6.45) is 3.44. The Balaban J connectivity index is 1.50. The van der Waals surface area contributed by atoms with Crippen molar-refractivity contribution in [3.63, 3.8) is 0 Å². The molecule has 1 amide bonds. The van der Waals surface area contributed by atoms with Crippen LogP contribution in [-0.2, 0) is 16.1 Å². The first-order chi connectivity index (χ1) is 14.7. The van der Waals surface area contributed by atoms with E-state index >= 15 is 0 Å². The van der Waals surface area contributed by atoms with E-state index in [0.717, 1.165) is 18.2 Å². The average Bonchev–Trinajstić information content (AvgIpc) is 3.50. The van der Waals surface area contributed by atoms with Crippen molar-refractivity contribution in [3.05, 3.63) is 46.2 Å². The largest absolute Gasteiger partial charge is 0.448 e. The van der Waals surface area contributed by atoms with Crippen molar-refractivity contribution in [2.45, 2.75) is 30.6 Å². The van der Waals surface area contributed by atoms with Crippen LogP contribution in [0.3, 0.4) is 0 Å². The lowest BCUT2D eigenvalue weighted by molar-refractivity contribution is -0.113. The molecule has 4 aromatic rings. The number of anilines is 1. The summed E-state index contributed by atoms with van der Waals surface area (Å²) in [6.45, 7) is 1.08. The lowest BCUT2D eigenvalue weighted by Crippen LogP contribution is -2.29. The second-order valence-corrected chi connectivity index (χ2v) is 8.73. The number of carbonyl (C=O) groups is 1. The zero-order valence-corrected chi connectivity index (χ0v) is 17.5. The molecule has 0 bridgehead atoms. The number of fused-ring (bicyclic) bond motifs is 3. The summed E-state index contributed by atoms with van der Waals surface area (Å²) < 4.78 is 13.1. The highest BCUT2D eigenvalue weighted by Crippen LogP contribution is 2.28. The number of para-hydroxylation sites is 1. The Kier molecular flexibility index (Phi) is 5.28. The second kappa shape index (κ2) is 8.21. The van der Waals surface area contributed by atoms with E-state index < -0.39 is 0 Å². The topological polar surface area (TPSA) is 99.2 Å². The van der Waals surface area contributed by atoms with Crippen LogP contribution in [0.4, 0.5) is 5.13 Å². The number of benzene rings is 1. The number of ether oxygens (including phenoxy) is 1. The zero-order chi connectivity index (χ0) is 20.5. The number of aromatic nitrogens is 3. The molecule has 10 heteroatoms. The van der Waals surface area contributed by atoms with Gasteiger partial charge in [0.15, 0.2) is 10.3 Å². The van der Waals surface area contributed by atoms with Crippen molar-refractivity contribution in [3.8, 4) is 0 Å². The first kappa shape index (κ1) is 19.3. The van der Waals surface area contributed by atoms with Crippen LogP contribution in [0, 0.1) is 0 Å². The number of nitrogens with zero attached hydrogens (tertiary/aromatic N) is 3. The Hall–Kier alpha value is -2.69. The van der Waals surface area contributed by atoms with Gasteiger partial charge in [-0.15, -0.1) is 11.3 Å². The molecule has 4 heterocycles. The predicted octanol–water partition coefficient (Wildman–Crippen LogP) is 3.51. The molecule has 3 aromatic heterocycles. The van der Waals surface area contributed by atoms with Crippen molar-refractivity contribution in [2.24, 2.45) is 0 Å². The molecule has 1 aliphatic rings. The Morgan fingerprint density at radius 2 is 2.27 bits per heavy atom. The molecule has 1 aromatic carbocycles. The third-order valence-electron chi connectivity index (χ3n) is 4.87. The normalized spacial score (nSPS) is 16.5. The smallest absolute Gasteiger partial charge is 0.297 e. The van der Waals surface area contributed by atoms with Crippen LogP contribution in [0.15, 0.2) is 50.2 Å². The molecule has 154 valence electrons. The van der Waals surface area contributed by atoms with E-state index in [-0.39, 0.29) is 28.9 Å². The average molecular weight is 443 g/mol. The van der Waals surface area contributed by atoms with Crippen LogP contribution in [0.5, 0.6) is 0 Å². The number of hydrogen-bond donors (Lipinski definition) is 1. The monoisotopic (exact) mass is 442 g/mol. The van der Waals surface area contributed by atoms with Crippen molar-refractivity contribution < 1.29 is 13.9 Å². The summed E-state index contributed by atoms with van der Waals surface area (Å²) in [7, 11) is 0. The quantitative estimate of drug-likeness (QED) is 0.360. The maximum atomic E-state index is 13.3. The van der Waals surface area contributed by atoms with E-state index in [1.807, 2.05) is 24.3 Å². The fraction of sp³-hybridized carbons (Fsp3) is 0.300. The molecule has 0 radical (unpaired) electrons. The highest BCUT2D eigenvalue weighted by Gasteiger charge is 2.23. The molecule has 5 rings (SSSR count). The molecule has 30 heavy (non-hydrogen) atoms. The number of hydrogen-bond acceptors (Lipinski definition) is 8. The molecule has 0 aliphatic carbocycles. The van der Waals surface area contributed by atoms with Crippen LogP contribution in [0.25, 0.3) is 22.1 Å². The first-order valence-electron chi connectivity index (χ1n) is 9.55. The minimum atomic E-state index is -0.255. The molecule has 1 fully saturated rings. The summed E-state index contributed by atoms with van der Waals surface area (Å²) in [5, 5.41) is 6.34. The van der Waals surface area contributed by atoms with Crippen LogP contribution >= 0.6 is 23.1 Å². The van der Waals surface area contributed by atoms with E-state index in [4.69, 9.17) is 14.1 Å². The maximum absolute atomic E-state index is 13.3. The van der Waals surface area contributed by atoms with Crippen LogP contribution in [0.2, 0.25) is 0 Å². The van der Waals surface area contributed by atoms with Crippen molar-refractivity contribution in [2.75, 3.05) is 17.7 Å². The van der Waals surface area contributed by atoms with E-state index in [1.165, 1.54) is 23.1 Å². The van der Waals surface area contributed by atoms with Gasteiger partial charge in [-0.25, -0.2) is 9.97 Å². The van der Waals surface area contributed by atoms with Gasteiger partial charge in [-0.1, -0.05) is 23.9 Å². The molecular formula is C20H18N4O4S2. The minimum absolute atomic E-state index is 0.0465. The molecule has 0 unspecified atom stereocenters. The summed E-state index contributed by atoms with van der Waals surface area (Å²) in [6, 6.07) is 7.43. The number of furan rings is 1. The third-order valence-corrected chi connectivity index (χ3v) is 6.53. The van der Waals surface area contributed by atoms with Gasteiger partial charge in [0.1, 0.15) is 11.1 Å². The molecule has 8 nitrogen and oxygen atoms in total. The van der Waals surface area contributed by atoms with Gasteiger partial charge >= 0.3 is 0 Å². The van der Waals surface area contributed by atoms with Gasteiger partial charge in [0.05, 0.1) is 18.4 Å². The molecule has 0 saturated carbocycles. The maximum Gasteiger partial charge on any atom is 0.297 e. The Bertz CT molecular complexity index is 1260. The fourth-order valence-electron chi connectivity index (χ4n) is 3.49. The molecule has 1 atom stereocenters. The second-order valence-electron chi connectivity index (χ2n) is 6.90. The summed E-state index contributed by atoms with van der Waals surface area (Å²) in [5.41, 5.74) is 1.10. The lowest BCUT2D eigenvalue weighted by atomic mass is 10.2. The van der Waals surface area contributed by atoms with Crippen LogP contribution < -0.4 is 10.9 Å². The fourth-order valence-corrected chi connectivity index (χ4v) is 4.83. The van der Waals surface area contributed by atoms with Crippen molar-refractivity contribution in [1.29, 1.82) is 0 Å². The first-order valence-corrected chi connectivity index (χ1v) is 11.4. The van der Waals surface area contributed by atoms with E-state index in [2.05, 4.69) is 10.3 Å². The summed E-state index contributed by atoms with van der Waals surface area (Å²) in [4.78, 5) is 34.4. The summed E-state index contributed by atoms with van der Waals surface area (Å²) in [5.74, 6) is -0.0937. The Labute approximate surface area is 179 Å². The SMILES string of the molecule is O=C(CSc1nc2c(oc3ccccc32)c(=O)n1C[C@H]1CCCO1)Nc1nccs1. The highest BCUT2D eigenvalue weighted by molar-refractivity contribution is 7.99. The number of carbonyl (C=O) groups excluding carboxylic acids is 1. The van der Waals surface area contributed by atoms with E-state index in [9.17, 15) is 9.59 Å². The number of thioether (sulfide) groups is 1.